The Hall–Kier alpha value is -1.84. The van der Waals surface area contributed by atoms with Crippen molar-refractivity contribution < 1.29 is 4.79 Å². The number of benzene rings is 2. The molecule has 0 aromatic heterocycles. The van der Waals surface area contributed by atoms with Crippen molar-refractivity contribution in [1.29, 1.82) is 0 Å². The molecule has 1 aliphatic rings. The van der Waals surface area contributed by atoms with Gasteiger partial charge in [-0.1, -0.05) is 67.1 Å². The summed E-state index contributed by atoms with van der Waals surface area (Å²) in [6.45, 7) is 2.71. The molecule has 0 spiro atoms. The molecule has 1 aliphatic carbocycles. The van der Waals surface area contributed by atoms with E-state index < -0.39 is 0 Å². The highest BCUT2D eigenvalue weighted by Gasteiger charge is 2.33. The van der Waals surface area contributed by atoms with Crippen LogP contribution in [0, 0.1) is 11.8 Å². The molecule has 0 aliphatic heterocycles. The fourth-order valence-electron chi connectivity index (χ4n) is 4.17. The minimum Gasteiger partial charge on any atom is -0.352 e. The number of halogens is 1. The van der Waals surface area contributed by atoms with Gasteiger partial charge in [0.05, 0.1) is 0 Å². The van der Waals surface area contributed by atoms with Crippen molar-refractivity contribution >= 4 is 18.3 Å². The molecule has 1 saturated carbocycles. The first kappa shape index (κ1) is 20.5. The Bertz CT molecular complexity index is 638. The number of hydrogen-bond donors (Lipinski definition) is 2. The van der Waals surface area contributed by atoms with Gasteiger partial charge in [0.15, 0.2) is 0 Å². The standard InChI is InChI=1S/C22H28N2O.ClH/c1-16(24-22(25)20-14-8-13-19(20)15-23)21(17-9-4-2-5-10-17)18-11-6-3-7-12-18;/h2-7,9-12,16,19-21H,8,13-15,23H2,1H3,(H,24,25);1H/t16?,19-,20-;/m1./s1. The largest absolute Gasteiger partial charge is 0.352 e. The van der Waals surface area contributed by atoms with E-state index in [9.17, 15) is 4.79 Å². The van der Waals surface area contributed by atoms with Gasteiger partial charge < -0.3 is 11.1 Å². The second-order valence-electron chi connectivity index (χ2n) is 7.13. The van der Waals surface area contributed by atoms with Crippen LogP contribution in [0.3, 0.4) is 0 Å². The maximum Gasteiger partial charge on any atom is 0.223 e. The van der Waals surface area contributed by atoms with Gasteiger partial charge in [0.25, 0.3) is 0 Å². The summed E-state index contributed by atoms with van der Waals surface area (Å²) in [5, 5.41) is 3.29. The highest BCUT2D eigenvalue weighted by atomic mass is 35.5. The van der Waals surface area contributed by atoms with Gasteiger partial charge in [0.1, 0.15) is 0 Å². The van der Waals surface area contributed by atoms with Gasteiger partial charge in [-0.15, -0.1) is 12.4 Å². The molecule has 1 unspecified atom stereocenters. The molecular weight excluding hydrogens is 344 g/mol. The number of carbonyl (C=O) groups is 1. The SMILES string of the molecule is CC(NC(=O)[C@@H]1CCC[C@@H]1CN)C(c1ccccc1)c1ccccc1.Cl. The van der Waals surface area contributed by atoms with E-state index in [-0.39, 0.29) is 36.2 Å². The highest BCUT2D eigenvalue weighted by Crippen LogP contribution is 2.32. The minimum absolute atomic E-state index is 0. The van der Waals surface area contributed by atoms with Crippen LogP contribution in [0.25, 0.3) is 0 Å². The Morgan fingerprint density at radius 2 is 1.58 bits per heavy atom. The Morgan fingerprint density at radius 3 is 2.08 bits per heavy atom. The van der Waals surface area contributed by atoms with Crippen molar-refractivity contribution in [2.75, 3.05) is 6.54 Å². The molecule has 3 nitrogen and oxygen atoms in total. The Labute approximate surface area is 162 Å². The summed E-state index contributed by atoms with van der Waals surface area (Å²) >= 11 is 0. The zero-order valence-corrected chi connectivity index (χ0v) is 16.1. The summed E-state index contributed by atoms with van der Waals surface area (Å²) < 4.78 is 0. The van der Waals surface area contributed by atoms with Gasteiger partial charge in [0, 0.05) is 17.9 Å². The smallest absolute Gasteiger partial charge is 0.223 e. The van der Waals surface area contributed by atoms with Gasteiger partial charge in [-0.3, -0.25) is 4.79 Å². The maximum atomic E-state index is 12.8. The number of nitrogens with one attached hydrogen (secondary N) is 1. The number of hydrogen-bond acceptors (Lipinski definition) is 2. The zero-order chi connectivity index (χ0) is 17.6. The third-order valence-corrected chi connectivity index (χ3v) is 5.49. The summed E-state index contributed by atoms with van der Waals surface area (Å²) in [5.74, 6) is 0.708. The average Bonchev–Trinajstić information content (AvgIpc) is 3.12. The van der Waals surface area contributed by atoms with Crippen LogP contribution in [0.15, 0.2) is 60.7 Å². The van der Waals surface area contributed by atoms with Crippen LogP contribution >= 0.6 is 12.4 Å². The predicted molar refractivity (Wildman–Crippen MR) is 109 cm³/mol. The van der Waals surface area contributed by atoms with E-state index in [0.29, 0.717) is 12.5 Å². The van der Waals surface area contributed by atoms with Crippen LogP contribution in [0.2, 0.25) is 0 Å². The lowest BCUT2D eigenvalue weighted by molar-refractivity contribution is -0.126. The predicted octanol–water partition coefficient (Wildman–Crippen LogP) is 4.12. The Morgan fingerprint density at radius 1 is 1.04 bits per heavy atom. The van der Waals surface area contributed by atoms with E-state index in [4.69, 9.17) is 5.73 Å². The molecule has 0 radical (unpaired) electrons. The topological polar surface area (TPSA) is 55.1 Å². The lowest BCUT2D eigenvalue weighted by Crippen LogP contribution is -2.42. The van der Waals surface area contributed by atoms with E-state index in [2.05, 4.69) is 60.8 Å². The lowest BCUT2D eigenvalue weighted by atomic mass is 9.85. The van der Waals surface area contributed by atoms with Crippen molar-refractivity contribution in [3.8, 4) is 0 Å². The fourth-order valence-corrected chi connectivity index (χ4v) is 4.17. The maximum absolute atomic E-state index is 12.8. The first-order valence-electron chi connectivity index (χ1n) is 9.31. The normalized spacial score (nSPS) is 20.4. The van der Waals surface area contributed by atoms with Crippen molar-refractivity contribution in [2.45, 2.75) is 38.1 Å². The fraction of sp³-hybridized carbons (Fsp3) is 0.409. The molecule has 4 heteroatoms. The lowest BCUT2D eigenvalue weighted by Gasteiger charge is -2.28. The van der Waals surface area contributed by atoms with Crippen molar-refractivity contribution in [3.63, 3.8) is 0 Å². The monoisotopic (exact) mass is 372 g/mol. The quantitative estimate of drug-likeness (QED) is 0.801. The van der Waals surface area contributed by atoms with Crippen LogP contribution in [-0.4, -0.2) is 18.5 Å². The summed E-state index contributed by atoms with van der Waals surface area (Å²) in [6.07, 6.45) is 3.14. The second kappa shape index (κ2) is 9.75. The number of nitrogens with two attached hydrogens (primary N) is 1. The van der Waals surface area contributed by atoms with Crippen LogP contribution < -0.4 is 11.1 Å². The van der Waals surface area contributed by atoms with E-state index in [1.165, 1.54) is 11.1 Å². The van der Waals surface area contributed by atoms with Gasteiger partial charge in [0.2, 0.25) is 5.91 Å². The molecular formula is C22H29ClN2O. The van der Waals surface area contributed by atoms with Crippen LogP contribution in [0.1, 0.15) is 43.2 Å². The first-order chi connectivity index (χ1) is 12.2. The molecule has 3 atom stereocenters. The van der Waals surface area contributed by atoms with Gasteiger partial charge in [-0.2, -0.15) is 0 Å². The summed E-state index contributed by atoms with van der Waals surface area (Å²) in [6, 6.07) is 20.9. The third kappa shape index (κ3) is 4.66. The molecule has 1 amide bonds. The number of amides is 1. The van der Waals surface area contributed by atoms with E-state index >= 15 is 0 Å². The molecule has 26 heavy (non-hydrogen) atoms. The summed E-state index contributed by atoms with van der Waals surface area (Å²) in [7, 11) is 0. The van der Waals surface area contributed by atoms with Gasteiger partial charge >= 0.3 is 0 Å². The molecule has 0 heterocycles. The van der Waals surface area contributed by atoms with Crippen molar-refractivity contribution in [3.05, 3.63) is 71.8 Å². The minimum atomic E-state index is 0. The molecule has 2 aromatic rings. The molecule has 3 N–H and O–H groups in total. The molecule has 3 rings (SSSR count). The van der Waals surface area contributed by atoms with E-state index in [1.54, 1.807) is 0 Å². The summed E-state index contributed by atoms with van der Waals surface area (Å²) in [4.78, 5) is 12.8. The first-order valence-corrected chi connectivity index (χ1v) is 9.31. The van der Waals surface area contributed by atoms with E-state index in [0.717, 1.165) is 19.3 Å². The van der Waals surface area contributed by atoms with Crippen LogP contribution in [0.4, 0.5) is 0 Å². The second-order valence-corrected chi connectivity index (χ2v) is 7.13. The van der Waals surface area contributed by atoms with Crippen LogP contribution in [0.5, 0.6) is 0 Å². The number of carbonyl (C=O) groups excluding carboxylic acids is 1. The zero-order valence-electron chi connectivity index (χ0n) is 15.3. The molecule has 2 aromatic carbocycles. The molecule has 140 valence electrons. The third-order valence-electron chi connectivity index (χ3n) is 5.49. The summed E-state index contributed by atoms with van der Waals surface area (Å²) in [5.41, 5.74) is 8.31. The highest BCUT2D eigenvalue weighted by molar-refractivity contribution is 5.85. The molecule has 0 bridgehead atoms. The Kier molecular flexibility index (Phi) is 7.67. The van der Waals surface area contributed by atoms with Crippen LogP contribution in [-0.2, 0) is 4.79 Å². The van der Waals surface area contributed by atoms with Gasteiger partial charge in [-0.05, 0) is 43.4 Å². The van der Waals surface area contributed by atoms with E-state index in [1.807, 2.05) is 12.1 Å². The molecule has 1 fully saturated rings. The van der Waals surface area contributed by atoms with Gasteiger partial charge in [-0.25, -0.2) is 0 Å². The van der Waals surface area contributed by atoms with Crippen molar-refractivity contribution in [1.82, 2.24) is 5.32 Å². The molecule has 0 saturated heterocycles. The van der Waals surface area contributed by atoms with Crippen molar-refractivity contribution in [2.24, 2.45) is 17.6 Å². The number of rotatable bonds is 6. The Balaban J connectivity index is 0.00000243. The average molecular weight is 373 g/mol.